The second-order valence-electron chi connectivity index (χ2n) is 5.38. The summed E-state index contributed by atoms with van der Waals surface area (Å²) in [5, 5.41) is 5.28. The van der Waals surface area contributed by atoms with E-state index in [1.54, 1.807) is 24.3 Å². The van der Waals surface area contributed by atoms with Crippen molar-refractivity contribution in [1.29, 1.82) is 0 Å². The molecule has 0 fully saturated rings. The lowest BCUT2D eigenvalue weighted by molar-refractivity contribution is -0.114. The third kappa shape index (κ3) is 3.56. The first-order chi connectivity index (χ1) is 12.0. The maximum Gasteiger partial charge on any atom is 0.260 e. The van der Waals surface area contributed by atoms with E-state index >= 15 is 0 Å². The van der Waals surface area contributed by atoms with Crippen molar-refractivity contribution in [3.05, 3.63) is 69.6 Å². The number of imide groups is 1. The first-order valence-corrected chi connectivity index (χ1v) is 8.20. The van der Waals surface area contributed by atoms with Gasteiger partial charge in [-0.15, -0.1) is 0 Å². The van der Waals surface area contributed by atoms with Gasteiger partial charge in [-0.05, 0) is 35.9 Å². The first-order valence-electron chi connectivity index (χ1n) is 7.41. The largest absolute Gasteiger partial charge is 0.494 e. The maximum atomic E-state index is 13.7. The van der Waals surface area contributed by atoms with Gasteiger partial charge in [-0.3, -0.25) is 14.9 Å². The van der Waals surface area contributed by atoms with E-state index in [2.05, 4.69) is 26.6 Å². The predicted octanol–water partition coefficient (Wildman–Crippen LogP) is 3.00. The van der Waals surface area contributed by atoms with Crippen LogP contribution in [0, 0.1) is 5.82 Å². The number of fused-ring (bicyclic) bond motifs is 1. The van der Waals surface area contributed by atoms with Gasteiger partial charge >= 0.3 is 0 Å². The molecule has 7 heteroatoms. The molecule has 5 nitrogen and oxygen atoms in total. The van der Waals surface area contributed by atoms with Gasteiger partial charge in [0, 0.05) is 28.3 Å². The molecule has 1 heterocycles. The van der Waals surface area contributed by atoms with Crippen LogP contribution in [0.3, 0.4) is 0 Å². The molecule has 25 heavy (non-hydrogen) atoms. The molecule has 2 N–H and O–H groups in total. The van der Waals surface area contributed by atoms with Crippen LogP contribution in [0.1, 0.15) is 21.5 Å². The van der Waals surface area contributed by atoms with Crippen LogP contribution in [-0.4, -0.2) is 18.9 Å². The molecule has 1 aliphatic rings. The van der Waals surface area contributed by atoms with Crippen molar-refractivity contribution >= 4 is 33.3 Å². The van der Waals surface area contributed by atoms with E-state index in [0.717, 1.165) is 4.47 Å². The van der Waals surface area contributed by atoms with E-state index in [1.165, 1.54) is 25.4 Å². The number of amides is 2. The Balaban J connectivity index is 1.83. The molecule has 2 aromatic carbocycles. The molecule has 3 rings (SSSR count). The number of methoxy groups -OCH3 is 1. The standard InChI is InChI=1S/C18H14BrFN2O3/c1-25-16-5-2-10(6-15(16)20)8-21-9-14-13-7-11(19)3-4-12(13)17(23)22-18(14)24/h2-7,9,21H,8H2,1H3,(H,22,23,24). The van der Waals surface area contributed by atoms with Crippen LogP contribution >= 0.6 is 15.9 Å². The molecule has 0 radical (unpaired) electrons. The molecule has 1 aliphatic heterocycles. The van der Waals surface area contributed by atoms with Gasteiger partial charge in [0.2, 0.25) is 0 Å². The van der Waals surface area contributed by atoms with Crippen molar-refractivity contribution in [2.24, 2.45) is 0 Å². The number of benzene rings is 2. The number of ether oxygens (including phenoxy) is 1. The number of halogens is 2. The van der Waals surface area contributed by atoms with E-state index in [9.17, 15) is 14.0 Å². The quantitative estimate of drug-likeness (QED) is 0.607. The lowest BCUT2D eigenvalue weighted by Gasteiger charge is -2.18. The van der Waals surface area contributed by atoms with Gasteiger partial charge in [-0.2, -0.15) is 0 Å². The molecule has 0 spiro atoms. The topological polar surface area (TPSA) is 67.4 Å². The summed E-state index contributed by atoms with van der Waals surface area (Å²) < 4.78 is 19.3. The molecule has 0 aromatic heterocycles. The summed E-state index contributed by atoms with van der Waals surface area (Å²) in [5.74, 6) is -1.19. The lowest BCUT2D eigenvalue weighted by Crippen LogP contribution is -2.37. The molecule has 0 bridgehead atoms. The summed E-state index contributed by atoms with van der Waals surface area (Å²) >= 11 is 3.34. The molecule has 2 amide bonds. The SMILES string of the molecule is COc1ccc(CNC=C2C(=O)NC(=O)c3ccc(Br)cc32)cc1F. The van der Waals surface area contributed by atoms with Gasteiger partial charge in [-0.1, -0.05) is 22.0 Å². The van der Waals surface area contributed by atoms with Crippen LogP contribution in [0.2, 0.25) is 0 Å². The van der Waals surface area contributed by atoms with Crippen molar-refractivity contribution in [3.63, 3.8) is 0 Å². The van der Waals surface area contributed by atoms with Gasteiger partial charge in [-0.25, -0.2) is 4.39 Å². The fourth-order valence-electron chi connectivity index (χ4n) is 2.53. The normalized spacial score (nSPS) is 14.9. The predicted molar refractivity (Wildman–Crippen MR) is 94.4 cm³/mol. The molecule has 0 saturated heterocycles. The van der Waals surface area contributed by atoms with Gasteiger partial charge in [0.05, 0.1) is 12.7 Å². The minimum atomic E-state index is -0.482. The number of rotatable bonds is 4. The molecule has 0 unspecified atom stereocenters. The second kappa shape index (κ2) is 7.06. The molecular weight excluding hydrogens is 391 g/mol. The first kappa shape index (κ1) is 17.2. The number of nitrogens with one attached hydrogen (secondary N) is 2. The summed E-state index contributed by atoms with van der Waals surface area (Å²) in [6.07, 6.45) is 1.52. The van der Waals surface area contributed by atoms with Gasteiger partial charge in [0.1, 0.15) is 0 Å². The molecule has 0 saturated carbocycles. The third-order valence-electron chi connectivity index (χ3n) is 3.76. The Bertz CT molecular complexity index is 896. The highest BCUT2D eigenvalue weighted by atomic mass is 79.9. The van der Waals surface area contributed by atoms with Crippen LogP contribution in [0.4, 0.5) is 4.39 Å². The van der Waals surface area contributed by atoms with Crippen LogP contribution < -0.4 is 15.4 Å². The smallest absolute Gasteiger partial charge is 0.260 e. The summed E-state index contributed by atoms with van der Waals surface area (Å²) in [6.45, 7) is 0.314. The maximum absolute atomic E-state index is 13.7. The highest BCUT2D eigenvalue weighted by molar-refractivity contribution is 9.10. The molecule has 2 aromatic rings. The Morgan fingerprint density at radius 2 is 1.96 bits per heavy atom. The van der Waals surface area contributed by atoms with E-state index in [1.807, 2.05) is 0 Å². The number of hydrogen-bond acceptors (Lipinski definition) is 4. The Kier molecular flexibility index (Phi) is 4.85. The fraction of sp³-hybridized carbons (Fsp3) is 0.111. The minimum Gasteiger partial charge on any atom is -0.494 e. The monoisotopic (exact) mass is 404 g/mol. The summed E-state index contributed by atoms with van der Waals surface area (Å²) in [5.41, 5.74) is 1.99. The van der Waals surface area contributed by atoms with Gasteiger partial charge in [0.15, 0.2) is 11.6 Å². The zero-order chi connectivity index (χ0) is 18.0. The summed E-state index contributed by atoms with van der Waals surface area (Å²) in [6, 6.07) is 9.72. The van der Waals surface area contributed by atoms with Crippen LogP contribution in [0.15, 0.2) is 47.1 Å². The van der Waals surface area contributed by atoms with Gasteiger partial charge in [0.25, 0.3) is 11.8 Å². The van der Waals surface area contributed by atoms with Crippen LogP contribution in [0.25, 0.3) is 5.57 Å². The van der Waals surface area contributed by atoms with Crippen LogP contribution in [0.5, 0.6) is 5.75 Å². The van der Waals surface area contributed by atoms with Crippen molar-refractivity contribution in [2.45, 2.75) is 6.54 Å². The lowest BCUT2D eigenvalue weighted by atomic mass is 9.95. The zero-order valence-electron chi connectivity index (χ0n) is 13.2. The molecule has 0 atom stereocenters. The van der Waals surface area contributed by atoms with Crippen LogP contribution in [-0.2, 0) is 11.3 Å². The third-order valence-corrected chi connectivity index (χ3v) is 4.25. The summed E-state index contributed by atoms with van der Waals surface area (Å²) in [4.78, 5) is 24.0. The second-order valence-corrected chi connectivity index (χ2v) is 6.30. The van der Waals surface area contributed by atoms with Crippen molar-refractivity contribution in [1.82, 2.24) is 10.6 Å². The fourth-order valence-corrected chi connectivity index (χ4v) is 2.89. The number of carbonyl (C=O) groups excluding carboxylic acids is 2. The van der Waals surface area contributed by atoms with Gasteiger partial charge < -0.3 is 10.1 Å². The van der Waals surface area contributed by atoms with E-state index < -0.39 is 17.6 Å². The van der Waals surface area contributed by atoms with Crippen molar-refractivity contribution < 1.29 is 18.7 Å². The number of carbonyl (C=O) groups is 2. The van der Waals surface area contributed by atoms with E-state index in [0.29, 0.717) is 28.8 Å². The Hall–Kier alpha value is -2.67. The highest BCUT2D eigenvalue weighted by Crippen LogP contribution is 2.27. The summed E-state index contributed by atoms with van der Waals surface area (Å²) in [7, 11) is 1.40. The Morgan fingerprint density at radius 3 is 2.68 bits per heavy atom. The van der Waals surface area contributed by atoms with E-state index in [-0.39, 0.29) is 5.75 Å². The Morgan fingerprint density at radius 1 is 1.16 bits per heavy atom. The molecular formula is C18H14BrFN2O3. The molecule has 0 aliphatic carbocycles. The molecule has 128 valence electrons. The van der Waals surface area contributed by atoms with Crippen molar-refractivity contribution in [3.8, 4) is 5.75 Å². The zero-order valence-corrected chi connectivity index (χ0v) is 14.8. The van der Waals surface area contributed by atoms with Crippen molar-refractivity contribution in [2.75, 3.05) is 7.11 Å². The highest BCUT2D eigenvalue weighted by Gasteiger charge is 2.27. The average molecular weight is 405 g/mol. The number of hydrogen-bond donors (Lipinski definition) is 2. The minimum absolute atomic E-state index is 0.172. The van der Waals surface area contributed by atoms with E-state index in [4.69, 9.17) is 4.74 Å². The average Bonchev–Trinajstić information content (AvgIpc) is 2.57. The Labute approximate surface area is 152 Å².